The molecule has 2 rings (SSSR count). The van der Waals surface area contributed by atoms with Gasteiger partial charge in [-0.2, -0.15) is 0 Å². The molecule has 2 nitrogen and oxygen atoms in total. The molecule has 0 radical (unpaired) electrons. The minimum atomic E-state index is 0.731. The van der Waals surface area contributed by atoms with Crippen LogP contribution in [-0.2, 0) is 0 Å². The van der Waals surface area contributed by atoms with Crippen LogP contribution in [0.15, 0.2) is 24.3 Å². The molecule has 0 amide bonds. The molecular formula is C16H25NO. The Balaban J connectivity index is 1.69. The third-order valence-corrected chi connectivity index (χ3v) is 3.77. The largest absolute Gasteiger partial charge is 0.494 e. The summed E-state index contributed by atoms with van der Waals surface area (Å²) in [6, 6.07) is 8.27. The van der Waals surface area contributed by atoms with Gasteiger partial charge in [-0.05, 0) is 43.5 Å². The molecule has 0 atom stereocenters. The molecule has 0 aliphatic heterocycles. The predicted octanol–water partition coefficient (Wildman–Crippen LogP) is 4.47. The highest BCUT2D eigenvalue weighted by atomic mass is 16.5. The van der Waals surface area contributed by atoms with Crippen LogP contribution in [0.3, 0.4) is 0 Å². The second-order valence-corrected chi connectivity index (χ2v) is 5.18. The van der Waals surface area contributed by atoms with E-state index in [0.717, 1.165) is 24.8 Å². The van der Waals surface area contributed by atoms with Gasteiger partial charge in [0.25, 0.3) is 0 Å². The molecule has 1 fully saturated rings. The molecule has 0 saturated heterocycles. The highest BCUT2D eigenvalue weighted by Crippen LogP contribution is 2.26. The maximum atomic E-state index is 5.43. The number of nitrogens with one attached hydrogen (secondary N) is 1. The van der Waals surface area contributed by atoms with Gasteiger partial charge in [0.1, 0.15) is 5.75 Å². The van der Waals surface area contributed by atoms with Crippen LogP contribution in [0.5, 0.6) is 5.75 Å². The third kappa shape index (κ3) is 4.25. The highest BCUT2D eigenvalue weighted by molar-refractivity contribution is 5.46. The zero-order chi connectivity index (χ0) is 12.6. The van der Waals surface area contributed by atoms with Gasteiger partial charge < -0.3 is 10.1 Å². The number of hydrogen-bond donors (Lipinski definition) is 1. The van der Waals surface area contributed by atoms with Gasteiger partial charge in [0, 0.05) is 12.2 Å². The molecule has 1 aromatic carbocycles. The summed E-state index contributed by atoms with van der Waals surface area (Å²) in [6.07, 6.45) is 8.51. The fourth-order valence-electron chi connectivity index (χ4n) is 2.73. The second-order valence-electron chi connectivity index (χ2n) is 5.18. The number of benzene rings is 1. The summed E-state index contributed by atoms with van der Waals surface area (Å²) in [7, 11) is 0. The summed E-state index contributed by atoms with van der Waals surface area (Å²) < 4.78 is 5.43. The first kappa shape index (κ1) is 13.3. The lowest BCUT2D eigenvalue weighted by molar-refractivity contribution is 0.340. The molecule has 2 heteroatoms. The first-order chi connectivity index (χ1) is 8.88. The van der Waals surface area contributed by atoms with Crippen molar-refractivity contribution in [2.75, 3.05) is 18.5 Å². The molecule has 0 aromatic heterocycles. The van der Waals surface area contributed by atoms with Crippen molar-refractivity contribution in [1.82, 2.24) is 0 Å². The fraction of sp³-hybridized carbons (Fsp3) is 0.625. The van der Waals surface area contributed by atoms with E-state index >= 15 is 0 Å². The lowest BCUT2D eigenvalue weighted by Crippen LogP contribution is -2.12. The van der Waals surface area contributed by atoms with Crippen LogP contribution >= 0.6 is 0 Å². The third-order valence-electron chi connectivity index (χ3n) is 3.77. The summed E-state index contributed by atoms with van der Waals surface area (Å²) in [4.78, 5) is 0. The Kier molecular flexibility index (Phi) is 5.37. The summed E-state index contributed by atoms with van der Waals surface area (Å²) in [5.41, 5.74) is 1.20. The Morgan fingerprint density at radius 1 is 1.11 bits per heavy atom. The fourth-order valence-corrected chi connectivity index (χ4v) is 2.73. The molecule has 0 spiro atoms. The van der Waals surface area contributed by atoms with Gasteiger partial charge >= 0.3 is 0 Å². The van der Waals surface area contributed by atoms with Crippen LogP contribution in [0.2, 0.25) is 0 Å². The van der Waals surface area contributed by atoms with E-state index in [-0.39, 0.29) is 0 Å². The highest BCUT2D eigenvalue weighted by Gasteiger charge is 2.12. The molecule has 1 aliphatic carbocycles. The van der Waals surface area contributed by atoms with Crippen molar-refractivity contribution in [3.63, 3.8) is 0 Å². The molecule has 1 aromatic rings. The Hall–Kier alpha value is -1.18. The number of ether oxygens (including phenoxy) is 1. The molecule has 1 N–H and O–H groups in total. The van der Waals surface area contributed by atoms with Gasteiger partial charge in [-0.15, -0.1) is 0 Å². The SMILES string of the molecule is CCOc1ccc(NCCC2CCCCC2)cc1. The Bertz CT molecular complexity index is 327. The van der Waals surface area contributed by atoms with Crippen LogP contribution in [0, 0.1) is 5.92 Å². The van der Waals surface area contributed by atoms with Gasteiger partial charge in [-0.3, -0.25) is 0 Å². The van der Waals surface area contributed by atoms with Gasteiger partial charge in [-0.1, -0.05) is 32.1 Å². The van der Waals surface area contributed by atoms with Crippen LogP contribution in [-0.4, -0.2) is 13.2 Å². The van der Waals surface area contributed by atoms with Crippen LogP contribution in [0.4, 0.5) is 5.69 Å². The Morgan fingerprint density at radius 3 is 2.50 bits per heavy atom. The molecule has 1 saturated carbocycles. The zero-order valence-corrected chi connectivity index (χ0v) is 11.5. The Morgan fingerprint density at radius 2 is 1.83 bits per heavy atom. The van der Waals surface area contributed by atoms with Crippen molar-refractivity contribution in [2.24, 2.45) is 5.92 Å². The van der Waals surface area contributed by atoms with Gasteiger partial charge in [0.15, 0.2) is 0 Å². The van der Waals surface area contributed by atoms with Crippen molar-refractivity contribution >= 4 is 5.69 Å². The normalized spacial score (nSPS) is 16.5. The smallest absolute Gasteiger partial charge is 0.119 e. The molecule has 0 unspecified atom stereocenters. The van der Waals surface area contributed by atoms with Crippen LogP contribution < -0.4 is 10.1 Å². The van der Waals surface area contributed by atoms with Crippen molar-refractivity contribution < 1.29 is 4.74 Å². The van der Waals surface area contributed by atoms with Crippen molar-refractivity contribution in [3.8, 4) is 5.75 Å². The van der Waals surface area contributed by atoms with Gasteiger partial charge in [0.2, 0.25) is 0 Å². The van der Waals surface area contributed by atoms with E-state index in [1.165, 1.54) is 44.2 Å². The lowest BCUT2D eigenvalue weighted by atomic mass is 9.87. The number of anilines is 1. The van der Waals surface area contributed by atoms with E-state index in [2.05, 4.69) is 17.4 Å². The van der Waals surface area contributed by atoms with Gasteiger partial charge in [-0.25, -0.2) is 0 Å². The minimum Gasteiger partial charge on any atom is -0.494 e. The quantitative estimate of drug-likeness (QED) is 0.801. The standard InChI is InChI=1S/C16H25NO/c1-2-18-16-10-8-15(9-11-16)17-13-12-14-6-4-3-5-7-14/h8-11,14,17H,2-7,12-13H2,1H3. The van der Waals surface area contributed by atoms with Crippen molar-refractivity contribution in [3.05, 3.63) is 24.3 Å². The molecule has 0 heterocycles. The van der Waals surface area contributed by atoms with E-state index in [0.29, 0.717) is 0 Å². The average molecular weight is 247 g/mol. The van der Waals surface area contributed by atoms with Crippen molar-refractivity contribution in [2.45, 2.75) is 45.4 Å². The van der Waals surface area contributed by atoms with E-state index in [9.17, 15) is 0 Å². The topological polar surface area (TPSA) is 21.3 Å². The maximum Gasteiger partial charge on any atom is 0.119 e. The Labute approximate surface area is 111 Å². The zero-order valence-electron chi connectivity index (χ0n) is 11.5. The van der Waals surface area contributed by atoms with Gasteiger partial charge in [0.05, 0.1) is 6.61 Å². The van der Waals surface area contributed by atoms with E-state index in [1.54, 1.807) is 0 Å². The minimum absolute atomic E-state index is 0.731. The predicted molar refractivity (Wildman–Crippen MR) is 77.3 cm³/mol. The first-order valence-electron chi connectivity index (χ1n) is 7.35. The van der Waals surface area contributed by atoms with E-state index < -0.39 is 0 Å². The van der Waals surface area contributed by atoms with Crippen LogP contribution in [0.1, 0.15) is 45.4 Å². The molecule has 1 aliphatic rings. The number of hydrogen-bond acceptors (Lipinski definition) is 2. The van der Waals surface area contributed by atoms with Crippen LogP contribution in [0.25, 0.3) is 0 Å². The number of rotatable bonds is 6. The summed E-state index contributed by atoms with van der Waals surface area (Å²) in [5, 5.41) is 3.51. The first-order valence-corrected chi connectivity index (χ1v) is 7.35. The summed E-state index contributed by atoms with van der Waals surface area (Å²) in [6.45, 7) is 3.84. The van der Waals surface area contributed by atoms with E-state index in [1.807, 2.05) is 19.1 Å². The summed E-state index contributed by atoms with van der Waals surface area (Å²) in [5.74, 6) is 1.91. The molecule has 100 valence electrons. The average Bonchev–Trinajstić information content (AvgIpc) is 2.42. The molecule has 0 bridgehead atoms. The van der Waals surface area contributed by atoms with Crippen molar-refractivity contribution in [1.29, 1.82) is 0 Å². The maximum absolute atomic E-state index is 5.43. The summed E-state index contributed by atoms with van der Waals surface area (Å²) >= 11 is 0. The molecular weight excluding hydrogens is 222 g/mol. The second kappa shape index (κ2) is 7.30. The molecule has 18 heavy (non-hydrogen) atoms. The van der Waals surface area contributed by atoms with E-state index in [4.69, 9.17) is 4.74 Å². The monoisotopic (exact) mass is 247 g/mol. The lowest BCUT2D eigenvalue weighted by Gasteiger charge is -2.21.